The van der Waals surface area contributed by atoms with E-state index in [9.17, 15) is 4.79 Å². The van der Waals surface area contributed by atoms with E-state index in [1.54, 1.807) is 9.25 Å². The second-order valence-corrected chi connectivity index (χ2v) is 6.29. The maximum Gasteiger partial charge on any atom is 0.325 e. The van der Waals surface area contributed by atoms with Crippen LogP contribution in [0.3, 0.4) is 0 Å². The fraction of sp³-hybridized carbons (Fsp3) is 0.118. The van der Waals surface area contributed by atoms with Crippen LogP contribution in [0.2, 0.25) is 0 Å². The van der Waals surface area contributed by atoms with Crippen molar-refractivity contribution in [2.45, 2.75) is 16.9 Å². The van der Waals surface area contributed by atoms with Crippen LogP contribution >= 0.6 is 11.8 Å². The Kier molecular flexibility index (Phi) is 4.36. The highest BCUT2D eigenvalue weighted by Gasteiger charge is 2.18. The third-order valence-corrected chi connectivity index (χ3v) is 4.69. The molecule has 0 N–H and O–H groups in total. The molecular formula is C17H14N6O2S. The van der Waals surface area contributed by atoms with Gasteiger partial charge in [-0.15, -0.1) is 5.10 Å². The number of para-hydroxylation sites is 3. The summed E-state index contributed by atoms with van der Waals surface area (Å²) in [7, 11) is 1.37. The predicted octanol–water partition coefficient (Wildman–Crippen LogP) is 2.34. The molecular weight excluding hydrogens is 352 g/mol. The van der Waals surface area contributed by atoms with E-state index in [2.05, 4.69) is 20.5 Å². The minimum absolute atomic E-state index is 0.0618. The first-order chi connectivity index (χ1) is 12.8. The number of fused-ring (bicyclic) bond motifs is 1. The van der Waals surface area contributed by atoms with Gasteiger partial charge < -0.3 is 9.30 Å². The number of hydrogen-bond donors (Lipinski definition) is 0. The Balaban J connectivity index is 1.75. The second kappa shape index (κ2) is 6.96. The second-order valence-electron chi connectivity index (χ2n) is 5.36. The van der Waals surface area contributed by atoms with Crippen LogP contribution in [0.1, 0.15) is 0 Å². The number of methoxy groups -OCH3 is 1. The molecule has 0 atom stereocenters. The number of benzene rings is 2. The maximum atomic E-state index is 11.8. The molecule has 0 radical (unpaired) electrons. The first kappa shape index (κ1) is 16.3. The summed E-state index contributed by atoms with van der Waals surface area (Å²) >= 11 is 1.29. The summed E-state index contributed by atoms with van der Waals surface area (Å²) in [6, 6.07) is 17.2. The van der Waals surface area contributed by atoms with Crippen LogP contribution in [0.15, 0.2) is 64.9 Å². The van der Waals surface area contributed by atoms with E-state index in [1.165, 1.54) is 18.9 Å². The minimum Gasteiger partial charge on any atom is -0.468 e. The molecule has 9 heteroatoms. The molecule has 2 aromatic heterocycles. The molecule has 0 aliphatic carbocycles. The molecule has 130 valence electrons. The van der Waals surface area contributed by atoms with Crippen LogP contribution in [0.4, 0.5) is 0 Å². The number of hydrogen-bond acceptors (Lipinski definition) is 7. The Bertz CT molecular complexity index is 1060. The lowest BCUT2D eigenvalue weighted by atomic mass is 10.3. The molecule has 26 heavy (non-hydrogen) atoms. The van der Waals surface area contributed by atoms with Gasteiger partial charge in [-0.25, -0.2) is 4.98 Å². The van der Waals surface area contributed by atoms with E-state index < -0.39 is 0 Å². The van der Waals surface area contributed by atoms with Crippen LogP contribution in [-0.4, -0.2) is 42.8 Å². The van der Waals surface area contributed by atoms with Gasteiger partial charge in [0.2, 0.25) is 5.16 Å². The van der Waals surface area contributed by atoms with Gasteiger partial charge in [0, 0.05) is 0 Å². The number of imidazole rings is 1. The summed E-state index contributed by atoms with van der Waals surface area (Å²) in [4.78, 5) is 16.5. The third kappa shape index (κ3) is 3.04. The molecule has 0 fully saturated rings. The Morgan fingerprint density at radius 3 is 2.65 bits per heavy atom. The zero-order valence-electron chi connectivity index (χ0n) is 13.8. The summed E-state index contributed by atoms with van der Waals surface area (Å²) in [5.74, 6) is -0.349. The average molecular weight is 366 g/mol. The van der Waals surface area contributed by atoms with Gasteiger partial charge in [0.1, 0.15) is 6.54 Å². The molecule has 0 aliphatic heterocycles. The molecule has 4 aromatic rings. The van der Waals surface area contributed by atoms with Crippen LogP contribution < -0.4 is 0 Å². The molecule has 0 aliphatic rings. The molecule has 4 rings (SSSR count). The summed E-state index contributed by atoms with van der Waals surface area (Å²) in [5.41, 5.74) is 2.48. The number of ether oxygens (including phenoxy) is 1. The van der Waals surface area contributed by atoms with Crippen LogP contribution in [0.25, 0.3) is 16.7 Å². The SMILES string of the molecule is COC(=O)Cn1c(Sc2nnnn2-c2ccccc2)nc2ccccc21. The van der Waals surface area contributed by atoms with Crippen molar-refractivity contribution in [1.29, 1.82) is 0 Å². The minimum atomic E-state index is -0.349. The molecule has 0 saturated heterocycles. The zero-order chi connectivity index (χ0) is 17.9. The molecule has 0 bridgehead atoms. The topological polar surface area (TPSA) is 87.7 Å². The number of aromatic nitrogens is 6. The molecule has 2 heterocycles. The van der Waals surface area contributed by atoms with Gasteiger partial charge in [-0.2, -0.15) is 4.68 Å². The van der Waals surface area contributed by atoms with Crippen molar-refractivity contribution in [1.82, 2.24) is 29.8 Å². The van der Waals surface area contributed by atoms with E-state index >= 15 is 0 Å². The Morgan fingerprint density at radius 1 is 1.08 bits per heavy atom. The van der Waals surface area contributed by atoms with E-state index in [-0.39, 0.29) is 12.5 Å². The van der Waals surface area contributed by atoms with Gasteiger partial charge in [0.15, 0.2) is 5.16 Å². The van der Waals surface area contributed by atoms with E-state index in [0.717, 1.165) is 16.7 Å². The van der Waals surface area contributed by atoms with Gasteiger partial charge in [-0.05, 0) is 46.5 Å². The molecule has 0 spiro atoms. The van der Waals surface area contributed by atoms with E-state index in [1.807, 2.05) is 54.6 Å². The summed E-state index contributed by atoms with van der Waals surface area (Å²) in [6.07, 6.45) is 0. The smallest absolute Gasteiger partial charge is 0.325 e. The zero-order valence-corrected chi connectivity index (χ0v) is 14.6. The Hall–Kier alpha value is -3.20. The van der Waals surface area contributed by atoms with Gasteiger partial charge in [-0.1, -0.05) is 30.3 Å². The van der Waals surface area contributed by atoms with Crippen molar-refractivity contribution in [3.05, 3.63) is 54.6 Å². The van der Waals surface area contributed by atoms with Crippen LogP contribution in [0, 0.1) is 0 Å². The Labute approximate surface area is 152 Å². The first-order valence-corrected chi connectivity index (χ1v) is 8.61. The summed E-state index contributed by atoms with van der Waals surface area (Å²) in [5, 5.41) is 13.1. The largest absolute Gasteiger partial charge is 0.468 e. The van der Waals surface area contributed by atoms with Gasteiger partial charge >= 0.3 is 5.97 Å². The lowest BCUT2D eigenvalue weighted by Gasteiger charge is -2.07. The predicted molar refractivity (Wildman–Crippen MR) is 95.0 cm³/mol. The van der Waals surface area contributed by atoms with Crippen LogP contribution in [0.5, 0.6) is 0 Å². The van der Waals surface area contributed by atoms with Crippen molar-refractivity contribution < 1.29 is 9.53 Å². The number of nitrogens with zero attached hydrogens (tertiary/aromatic N) is 6. The molecule has 8 nitrogen and oxygen atoms in total. The fourth-order valence-corrected chi connectivity index (χ4v) is 3.42. The number of rotatable bonds is 5. The molecule has 0 amide bonds. The Morgan fingerprint density at radius 2 is 1.85 bits per heavy atom. The van der Waals surface area contributed by atoms with Crippen molar-refractivity contribution in [3.8, 4) is 5.69 Å². The van der Waals surface area contributed by atoms with Gasteiger partial charge in [0.25, 0.3) is 0 Å². The summed E-state index contributed by atoms with van der Waals surface area (Å²) < 4.78 is 8.25. The van der Waals surface area contributed by atoms with E-state index in [0.29, 0.717) is 10.3 Å². The van der Waals surface area contributed by atoms with Crippen molar-refractivity contribution in [3.63, 3.8) is 0 Å². The monoisotopic (exact) mass is 366 g/mol. The number of carbonyl (C=O) groups excluding carboxylic acids is 1. The fourth-order valence-electron chi connectivity index (χ4n) is 2.53. The lowest BCUT2D eigenvalue weighted by molar-refractivity contribution is -0.141. The third-order valence-electron chi connectivity index (χ3n) is 3.76. The maximum absolute atomic E-state index is 11.8. The van der Waals surface area contributed by atoms with Crippen molar-refractivity contribution >= 4 is 28.8 Å². The van der Waals surface area contributed by atoms with E-state index in [4.69, 9.17) is 4.74 Å². The number of tetrazole rings is 1. The highest BCUT2D eigenvalue weighted by molar-refractivity contribution is 7.99. The quantitative estimate of drug-likeness (QED) is 0.501. The highest BCUT2D eigenvalue weighted by Crippen LogP contribution is 2.29. The first-order valence-electron chi connectivity index (χ1n) is 7.80. The highest BCUT2D eigenvalue weighted by atomic mass is 32.2. The van der Waals surface area contributed by atoms with Crippen molar-refractivity contribution in [2.24, 2.45) is 0 Å². The molecule has 0 saturated carbocycles. The summed E-state index contributed by atoms with van der Waals surface area (Å²) in [6.45, 7) is 0.0618. The lowest BCUT2D eigenvalue weighted by Crippen LogP contribution is -2.12. The van der Waals surface area contributed by atoms with Crippen molar-refractivity contribution in [2.75, 3.05) is 7.11 Å². The van der Waals surface area contributed by atoms with Crippen LogP contribution in [-0.2, 0) is 16.1 Å². The van der Waals surface area contributed by atoms with Gasteiger partial charge in [0.05, 0.1) is 23.8 Å². The van der Waals surface area contributed by atoms with Gasteiger partial charge in [-0.3, -0.25) is 4.79 Å². The average Bonchev–Trinajstić information content (AvgIpc) is 3.28. The molecule has 0 unspecified atom stereocenters. The standard InChI is InChI=1S/C17H14N6O2S/c1-25-15(24)11-22-14-10-6-5-9-13(14)18-16(22)26-17-19-20-21-23(17)12-7-3-2-4-8-12/h2-10H,11H2,1H3. The number of carbonyl (C=O) groups is 1. The normalized spacial score (nSPS) is 11.0. The number of esters is 1. The molecule has 2 aromatic carbocycles.